The van der Waals surface area contributed by atoms with Crippen LogP contribution in [0.25, 0.3) is 5.76 Å². The molecule has 1 aliphatic heterocycles. The van der Waals surface area contributed by atoms with Gasteiger partial charge in [0.1, 0.15) is 17.3 Å². The predicted molar refractivity (Wildman–Crippen MR) is 131 cm³/mol. The Kier molecular flexibility index (Phi) is 6.16. The number of hydrogen-bond donors (Lipinski definition) is 2. The van der Waals surface area contributed by atoms with E-state index in [1.165, 1.54) is 17.0 Å². The fourth-order valence-corrected chi connectivity index (χ4v) is 4.09. The van der Waals surface area contributed by atoms with Crippen molar-refractivity contribution in [2.45, 2.75) is 39.8 Å². The number of Topliss-reactive ketones (excluding diaryl/α,β-unsaturated/α-hetero) is 1. The Morgan fingerprint density at radius 1 is 0.941 bits per heavy atom. The summed E-state index contributed by atoms with van der Waals surface area (Å²) in [5.74, 6) is -1.17. The number of benzene rings is 3. The van der Waals surface area contributed by atoms with Crippen LogP contribution in [0.3, 0.4) is 0 Å². The minimum atomic E-state index is -0.864. The van der Waals surface area contributed by atoms with Gasteiger partial charge < -0.3 is 14.9 Å². The monoisotopic (exact) mass is 457 g/mol. The molecule has 4 rings (SSSR count). The zero-order valence-corrected chi connectivity index (χ0v) is 19.6. The number of aliphatic hydroxyl groups is 1. The lowest BCUT2D eigenvalue weighted by Crippen LogP contribution is -2.29. The molecule has 1 atom stereocenters. The van der Waals surface area contributed by atoms with E-state index in [0.29, 0.717) is 22.6 Å². The summed E-state index contributed by atoms with van der Waals surface area (Å²) in [6.07, 6.45) is -0.0650. The summed E-state index contributed by atoms with van der Waals surface area (Å²) in [7, 11) is 0. The number of nitrogens with zero attached hydrogens (tertiary/aromatic N) is 1. The van der Waals surface area contributed by atoms with Crippen molar-refractivity contribution in [1.82, 2.24) is 0 Å². The standard InChI is InChI=1S/C28H27NO5/c1-16(2)34-23-7-5-6-20(15-23)26(31)24-25(19-9-12-22(30)13-10-19)29(28(33)27(24)32)21-11-8-17(3)18(4)14-21/h5-16,25,30-31H,1-4H3/b26-24+. The number of anilines is 1. The fourth-order valence-electron chi connectivity index (χ4n) is 4.09. The molecular weight excluding hydrogens is 430 g/mol. The van der Waals surface area contributed by atoms with Crippen LogP contribution in [-0.2, 0) is 9.59 Å². The molecule has 0 radical (unpaired) electrons. The van der Waals surface area contributed by atoms with Crippen molar-refractivity contribution < 1.29 is 24.5 Å². The Hall–Kier alpha value is -4.06. The van der Waals surface area contributed by atoms with Gasteiger partial charge in [0.2, 0.25) is 0 Å². The van der Waals surface area contributed by atoms with Crippen LogP contribution in [0, 0.1) is 13.8 Å². The lowest BCUT2D eigenvalue weighted by atomic mass is 9.95. The average Bonchev–Trinajstić information content (AvgIpc) is 3.06. The third kappa shape index (κ3) is 4.27. The molecule has 6 nitrogen and oxygen atoms in total. The van der Waals surface area contributed by atoms with Gasteiger partial charge in [0.05, 0.1) is 17.7 Å². The van der Waals surface area contributed by atoms with Crippen molar-refractivity contribution in [3.63, 3.8) is 0 Å². The van der Waals surface area contributed by atoms with E-state index >= 15 is 0 Å². The molecule has 1 saturated heterocycles. The number of rotatable bonds is 5. The Labute approximate surface area is 198 Å². The number of hydrogen-bond acceptors (Lipinski definition) is 5. The van der Waals surface area contributed by atoms with Crippen LogP contribution in [-0.4, -0.2) is 28.0 Å². The van der Waals surface area contributed by atoms with Crippen molar-refractivity contribution in [2.75, 3.05) is 4.90 Å². The smallest absolute Gasteiger partial charge is 0.300 e. The quantitative estimate of drug-likeness (QED) is 0.303. The zero-order chi connectivity index (χ0) is 24.6. The van der Waals surface area contributed by atoms with Crippen molar-refractivity contribution in [2.24, 2.45) is 0 Å². The van der Waals surface area contributed by atoms with E-state index in [4.69, 9.17) is 4.74 Å². The minimum absolute atomic E-state index is 0.0179. The SMILES string of the molecule is Cc1ccc(N2C(=O)C(=O)/C(=C(/O)c3cccc(OC(C)C)c3)C2c2ccc(O)cc2)cc1C. The highest BCUT2D eigenvalue weighted by atomic mass is 16.5. The Balaban J connectivity index is 1.91. The van der Waals surface area contributed by atoms with Gasteiger partial charge >= 0.3 is 0 Å². The maximum Gasteiger partial charge on any atom is 0.300 e. The Morgan fingerprint density at radius 3 is 2.29 bits per heavy atom. The summed E-state index contributed by atoms with van der Waals surface area (Å²) in [6.45, 7) is 7.70. The second kappa shape index (κ2) is 9.06. The van der Waals surface area contributed by atoms with Gasteiger partial charge in [-0.1, -0.05) is 30.3 Å². The first-order valence-corrected chi connectivity index (χ1v) is 11.1. The molecule has 3 aromatic carbocycles. The van der Waals surface area contributed by atoms with Gasteiger partial charge in [0, 0.05) is 11.3 Å². The number of aromatic hydroxyl groups is 1. The van der Waals surface area contributed by atoms with Crippen LogP contribution in [0.15, 0.2) is 72.3 Å². The van der Waals surface area contributed by atoms with E-state index in [-0.39, 0.29) is 23.2 Å². The summed E-state index contributed by atoms with van der Waals surface area (Å²) >= 11 is 0. The molecule has 0 spiro atoms. The Morgan fingerprint density at radius 2 is 1.65 bits per heavy atom. The van der Waals surface area contributed by atoms with E-state index in [2.05, 4.69) is 0 Å². The lowest BCUT2D eigenvalue weighted by molar-refractivity contribution is -0.132. The van der Waals surface area contributed by atoms with Crippen LogP contribution in [0.4, 0.5) is 5.69 Å². The first kappa shape index (κ1) is 23.1. The average molecular weight is 458 g/mol. The molecule has 3 aromatic rings. The zero-order valence-electron chi connectivity index (χ0n) is 19.6. The van der Waals surface area contributed by atoms with Crippen LogP contribution < -0.4 is 9.64 Å². The number of amides is 1. The highest BCUT2D eigenvalue weighted by Crippen LogP contribution is 2.43. The maximum atomic E-state index is 13.3. The molecule has 1 unspecified atom stereocenters. The highest BCUT2D eigenvalue weighted by Gasteiger charge is 2.47. The van der Waals surface area contributed by atoms with Crippen molar-refractivity contribution in [1.29, 1.82) is 0 Å². The molecular formula is C28H27NO5. The van der Waals surface area contributed by atoms with Gasteiger partial charge in [-0.2, -0.15) is 0 Å². The topological polar surface area (TPSA) is 87.1 Å². The van der Waals surface area contributed by atoms with Crippen LogP contribution in [0.2, 0.25) is 0 Å². The van der Waals surface area contributed by atoms with E-state index < -0.39 is 17.7 Å². The third-order valence-corrected chi connectivity index (χ3v) is 5.90. The molecule has 174 valence electrons. The molecule has 0 aromatic heterocycles. The number of phenols is 1. The molecule has 34 heavy (non-hydrogen) atoms. The predicted octanol–water partition coefficient (Wildman–Crippen LogP) is 5.42. The number of aryl methyl sites for hydroxylation is 2. The van der Waals surface area contributed by atoms with Crippen LogP contribution >= 0.6 is 0 Å². The summed E-state index contributed by atoms with van der Waals surface area (Å²) < 4.78 is 5.73. The first-order valence-electron chi connectivity index (χ1n) is 11.1. The van der Waals surface area contributed by atoms with Crippen molar-refractivity contribution in [3.05, 3.63) is 94.6 Å². The van der Waals surface area contributed by atoms with Crippen molar-refractivity contribution >= 4 is 23.1 Å². The highest BCUT2D eigenvalue weighted by molar-refractivity contribution is 6.51. The summed E-state index contributed by atoms with van der Waals surface area (Å²) in [5, 5.41) is 21.1. The molecule has 1 amide bonds. The van der Waals surface area contributed by atoms with Gasteiger partial charge in [-0.25, -0.2) is 0 Å². The molecule has 0 saturated carbocycles. The molecule has 1 heterocycles. The normalized spacial score (nSPS) is 17.4. The lowest BCUT2D eigenvalue weighted by Gasteiger charge is -2.26. The van der Waals surface area contributed by atoms with Crippen LogP contribution in [0.5, 0.6) is 11.5 Å². The first-order chi connectivity index (χ1) is 16.2. The largest absolute Gasteiger partial charge is 0.508 e. The summed E-state index contributed by atoms with van der Waals surface area (Å²) in [6, 6.07) is 17.7. The Bertz CT molecular complexity index is 1290. The van der Waals surface area contributed by atoms with Gasteiger partial charge in [0.15, 0.2) is 0 Å². The molecule has 2 N–H and O–H groups in total. The van der Waals surface area contributed by atoms with Crippen LogP contribution in [0.1, 0.15) is 42.1 Å². The van der Waals surface area contributed by atoms with E-state index in [9.17, 15) is 19.8 Å². The number of carbonyl (C=O) groups excluding carboxylic acids is 2. The second-order valence-corrected chi connectivity index (χ2v) is 8.72. The summed E-state index contributed by atoms with van der Waals surface area (Å²) in [4.78, 5) is 28.0. The van der Waals surface area contributed by atoms with E-state index in [1.807, 2.05) is 39.8 Å². The van der Waals surface area contributed by atoms with Gasteiger partial charge in [-0.3, -0.25) is 14.5 Å². The number of ketones is 1. The second-order valence-electron chi connectivity index (χ2n) is 8.72. The maximum absolute atomic E-state index is 13.3. The molecule has 6 heteroatoms. The summed E-state index contributed by atoms with van der Waals surface area (Å²) in [5.41, 5.74) is 3.53. The number of aliphatic hydroxyl groups excluding tert-OH is 1. The van der Waals surface area contributed by atoms with Crippen molar-refractivity contribution in [3.8, 4) is 11.5 Å². The van der Waals surface area contributed by atoms with E-state index in [1.54, 1.807) is 42.5 Å². The number of carbonyl (C=O) groups is 2. The van der Waals surface area contributed by atoms with E-state index in [0.717, 1.165) is 11.1 Å². The van der Waals surface area contributed by atoms with Gasteiger partial charge in [0.25, 0.3) is 11.7 Å². The van der Waals surface area contributed by atoms with Gasteiger partial charge in [-0.05, 0) is 80.8 Å². The molecule has 1 aliphatic rings. The molecule has 0 bridgehead atoms. The third-order valence-electron chi connectivity index (χ3n) is 5.90. The minimum Gasteiger partial charge on any atom is -0.508 e. The molecule has 0 aliphatic carbocycles. The fraction of sp³-hybridized carbons (Fsp3) is 0.214. The number of ether oxygens (including phenoxy) is 1. The van der Waals surface area contributed by atoms with Gasteiger partial charge in [-0.15, -0.1) is 0 Å². The molecule has 1 fully saturated rings. The number of phenolic OH excluding ortho intramolecular Hbond substituents is 1.